The van der Waals surface area contributed by atoms with Gasteiger partial charge in [0.1, 0.15) is 15.2 Å². The van der Waals surface area contributed by atoms with Gasteiger partial charge in [0, 0.05) is 12.6 Å². The van der Waals surface area contributed by atoms with Gasteiger partial charge in [0.25, 0.3) is 10.0 Å². The molecule has 1 heterocycles. The fourth-order valence-corrected chi connectivity index (χ4v) is 4.47. The maximum Gasteiger partial charge on any atom is 0.252 e. The highest BCUT2D eigenvalue weighted by Crippen LogP contribution is 2.25. The van der Waals surface area contributed by atoms with Crippen LogP contribution < -0.4 is 0 Å². The number of nitrogens with zero attached hydrogens (tertiary/aromatic N) is 2. The number of rotatable bonds is 5. The molecule has 0 bridgehead atoms. The van der Waals surface area contributed by atoms with Gasteiger partial charge in [-0.1, -0.05) is 6.92 Å². The third-order valence-corrected chi connectivity index (χ3v) is 5.81. The molecule has 94 valence electrons. The van der Waals surface area contributed by atoms with Crippen molar-refractivity contribution < 1.29 is 8.42 Å². The van der Waals surface area contributed by atoms with Crippen LogP contribution in [0.1, 0.15) is 32.1 Å². The summed E-state index contributed by atoms with van der Waals surface area (Å²) in [5.41, 5.74) is 0. The molecule has 4 nitrogen and oxygen atoms in total. The average molecular weight is 272 g/mol. The molecule has 1 aromatic heterocycles. The van der Waals surface area contributed by atoms with Gasteiger partial charge in [0.05, 0.1) is 0 Å². The quantitative estimate of drug-likeness (QED) is 0.827. The van der Waals surface area contributed by atoms with E-state index in [9.17, 15) is 8.42 Å². The number of hydrogen-bond donors (Lipinski definition) is 0. The molecule has 0 amide bonds. The van der Waals surface area contributed by atoms with E-state index in [0.717, 1.165) is 17.8 Å². The molecule has 0 spiro atoms. The first-order valence-electron chi connectivity index (χ1n) is 5.45. The lowest BCUT2D eigenvalue weighted by Gasteiger charge is -2.24. The Morgan fingerprint density at radius 1 is 1.47 bits per heavy atom. The third-order valence-electron chi connectivity index (χ3n) is 2.27. The Kier molecular flexibility index (Phi) is 4.69. The fraction of sp³-hybridized carbons (Fsp3) is 0.545. The van der Waals surface area contributed by atoms with E-state index in [4.69, 9.17) is 5.26 Å². The summed E-state index contributed by atoms with van der Waals surface area (Å²) >= 11 is 1.02. The zero-order valence-electron chi connectivity index (χ0n) is 10.2. The standard InChI is InChI=1S/C11H16N2O2S2/c1-4-7-13(9(2)3)17(14,15)11-6-5-10(8-12)16-11/h5-6,9H,4,7H2,1-3H3. The molecule has 1 aromatic rings. The van der Waals surface area contributed by atoms with Crippen LogP contribution in [0.2, 0.25) is 0 Å². The van der Waals surface area contributed by atoms with E-state index in [0.29, 0.717) is 11.4 Å². The van der Waals surface area contributed by atoms with Crippen LogP contribution in [0.25, 0.3) is 0 Å². The Bertz CT molecular complexity index is 512. The summed E-state index contributed by atoms with van der Waals surface area (Å²) in [6.07, 6.45) is 0.772. The highest BCUT2D eigenvalue weighted by Gasteiger charge is 2.27. The van der Waals surface area contributed by atoms with Crippen LogP contribution in [0, 0.1) is 11.3 Å². The molecule has 0 radical (unpaired) electrons. The zero-order chi connectivity index (χ0) is 13.1. The minimum absolute atomic E-state index is 0.0763. The summed E-state index contributed by atoms with van der Waals surface area (Å²) in [5, 5.41) is 8.72. The number of thiophene rings is 1. The Balaban J connectivity index is 3.12. The van der Waals surface area contributed by atoms with Crippen molar-refractivity contribution in [2.24, 2.45) is 0 Å². The van der Waals surface area contributed by atoms with Gasteiger partial charge < -0.3 is 0 Å². The van der Waals surface area contributed by atoms with Crippen molar-refractivity contribution in [1.82, 2.24) is 4.31 Å². The summed E-state index contributed by atoms with van der Waals surface area (Å²) in [7, 11) is -3.45. The topological polar surface area (TPSA) is 61.2 Å². The zero-order valence-corrected chi connectivity index (χ0v) is 11.8. The SMILES string of the molecule is CCCN(C(C)C)S(=O)(=O)c1ccc(C#N)s1. The van der Waals surface area contributed by atoms with E-state index >= 15 is 0 Å². The Morgan fingerprint density at radius 2 is 2.12 bits per heavy atom. The van der Waals surface area contributed by atoms with Crippen molar-refractivity contribution in [3.05, 3.63) is 17.0 Å². The largest absolute Gasteiger partial charge is 0.252 e. The van der Waals surface area contributed by atoms with Crippen molar-refractivity contribution >= 4 is 21.4 Å². The first kappa shape index (κ1) is 14.2. The molecular formula is C11H16N2O2S2. The van der Waals surface area contributed by atoms with Crippen LogP contribution in [0.4, 0.5) is 0 Å². The maximum atomic E-state index is 12.3. The molecule has 0 aliphatic rings. The van der Waals surface area contributed by atoms with Crippen molar-refractivity contribution in [3.63, 3.8) is 0 Å². The highest BCUT2D eigenvalue weighted by atomic mass is 32.2. The lowest BCUT2D eigenvalue weighted by atomic mass is 10.4. The monoisotopic (exact) mass is 272 g/mol. The summed E-state index contributed by atoms with van der Waals surface area (Å²) in [6, 6.07) is 4.93. The van der Waals surface area contributed by atoms with E-state index in [1.165, 1.54) is 10.4 Å². The molecule has 1 rings (SSSR count). The second kappa shape index (κ2) is 5.63. The number of nitriles is 1. The second-order valence-corrected chi connectivity index (χ2v) is 7.14. The Morgan fingerprint density at radius 3 is 2.53 bits per heavy atom. The van der Waals surface area contributed by atoms with Crippen molar-refractivity contribution in [1.29, 1.82) is 5.26 Å². The van der Waals surface area contributed by atoms with E-state index in [-0.39, 0.29) is 10.3 Å². The van der Waals surface area contributed by atoms with E-state index < -0.39 is 10.0 Å². The molecule has 0 saturated heterocycles. The third kappa shape index (κ3) is 3.06. The van der Waals surface area contributed by atoms with Gasteiger partial charge in [-0.25, -0.2) is 8.42 Å². The van der Waals surface area contributed by atoms with E-state index in [2.05, 4.69) is 0 Å². The molecule has 0 unspecified atom stereocenters. The second-order valence-electron chi connectivity index (χ2n) is 3.94. The smallest absolute Gasteiger partial charge is 0.206 e. The predicted molar refractivity (Wildman–Crippen MR) is 68.4 cm³/mol. The first-order chi connectivity index (χ1) is 7.93. The van der Waals surface area contributed by atoms with E-state index in [1.807, 2.05) is 26.8 Å². The maximum absolute atomic E-state index is 12.3. The molecule has 0 fully saturated rings. The van der Waals surface area contributed by atoms with Gasteiger partial charge in [-0.05, 0) is 32.4 Å². The molecule has 0 N–H and O–H groups in total. The van der Waals surface area contributed by atoms with Gasteiger partial charge in [0.2, 0.25) is 0 Å². The first-order valence-corrected chi connectivity index (χ1v) is 7.71. The number of sulfonamides is 1. The number of hydrogen-bond acceptors (Lipinski definition) is 4. The molecule has 17 heavy (non-hydrogen) atoms. The molecule has 0 saturated carbocycles. The summed E-state index contributed by atoms with van der Waals surface area (Å²) < 4.78 is 26.4. The van der Waals surface area contributed by atoms with E-state index in [1.54, 1.807) is 6.07 Å². The normalized spacial score (nSPS) is 12.0. The van der Waals surface area contributed by atoms with Crippen LogP contribution in [0.15, 0.2) is 16.3 Å². The van der Waals surface area contributed by atoms with Gasteiger partial charge in [-0.2, -0.15) is 9.57 Å². The summed E-state index contributed by atoms with van der Waals surface area (Å²) in [6.45, 7) is 6.15. The lowest BCUT2D eigenvalue weighted by Crippen LogP contribution is -2.37. The summed E-state index contributed by atoms with van der Waals surface area (Å²) in [4.78, 5) is 0.420. The van der Waals surface area contributed by atoms with Crippen LogP contribution in [-0.4, -0.2) is 25.3 Å². The van der Waals surface area contributed by atoms with Crippen LogP contribution in [0.3, 0.4) is 0 Å². The molecule has 0 aliphatic carbocycles. The fourth-order valence-electron chi connectivity index (χ4n) is 1.51. The average Bonchev–Trinajstić information content (AvgIpc) is 2.74. The van der Waals surface area contributed by atoms with Crippen LogP contribution in [-0.2, 0) is 10.0 Å². The van der Waals surface area contributed by atoms with Gasteiger partial charge in [-0.3, -0.25) is 0 Å². The lowest BCUT2D eigenvalue weighted by molar-refractivity contribution is 0.355. The van der Waals surface area contributed by atoms with Crippen LogP contribution in [0.5, 0.6) is 0 Å². The minimum atomic E-state index is -3.45. The Labute approximate surface area is 107 Å². The van der Waals surface area contributed by atoms with Gasteiger partial charge >= 0.3 is 0 Å². The van der Waals surface area contributed by atoms with Crippen molar-refractivity contribution in [2.45, 2.75) is 37.4 Å². The van der Waals surface area contributed by atoms with Gasteiger partial charge in [-0.15, -0.1) is 11.3 Å². The van der Waals surface area contributed by atoms with Crippen molar-refractivity contribution in [2.75, 3.05) is 6.54 Å². The summed E-state index contributed by atoms with van der Waals surface area (Å²) in [5.74, 6) is 0. The molecule has 6 heteroatoms. The predicted octanol–water partition coefficient (Wildman–Crippen LogP) is 2.43. The molecule has 0 aliphatic heterocycles. The Hall–Kier alpha value is -0.900. The highest BCUT2D eigenvalue weighted by molar-refractivity contribution is 7.91. The van der Waals surface area contributed by atoms with Crippen molar-refractivity contribution in [3.8, 4) is 6.07 Å². The minimum Gasteiger partial charge on any atom is -0.206 e. The van der Waals surface area contributed by atoms with Crippen LogP contribution >= 0.6 is 11.3 Å². The molecule has 0 atom stereocenters. The molecular weight excluding hydrogens is 256 g/mol. The van der Waals surface area contributed by atoms with Gasteiger partial charge in [0.15, 0.2) is 0 Å². The molecule has 0 aromatic carbocycles.